The fourth-order valence-electron chi connectivity index (χ4n) is 1.75. The van der Waals surface area contributed by atoms with E-state index in [2.05, 4.69) is 33.4 Å². The molecule has 77 valence electrons. The molecule has 3 nitrogen and oxygen atoms in total. The summed E-state index contributed by atoms with van der Waals surface area (Å²) in [4.78, 5) is 11.2. The predicted molar refractivity (Wildman–Crippen MR) is 62.0 cm³/mol. The van der Waals surface area contributed by atoms with Crippen molar-refractivity contribution >= 4 is 11.2 Å². The molecule has 0 saturated heterocycles. The first-order valence-electron chi connectivity index (χ1n) is 5.16. The quantitative estimate of drug-likeness (QED) is 0.702. The van der Waals surface area contributed by atoms with Crippen LogP contribution in [0.1, 0.15) is 11.1 Å². The first-order valence-corrected chi connectivity index (χ1v) is 5.16. The van der Waals surface area contributed by atoms with Gasteiger partial charge in [-0.2, -0.15) is 0 Å². The van der Waals surface area contributed by atoms with Crippen LogP contribution in [0.4, 0.5) is 0 Å². The highest BCUT2D eigenvalue weighted by Gasteiger charge is 2.00. The predicted octanol–water partition coefficient (Wildman–Crippen LogP) is 2.35. The topological polar surface area (TPSA) is 41.6 Å². The van der Waals surface area contributed by atoms with E-state index in [1.54, 1.807) is 0 Å². The van der Waals surface area contributed by atoms with Crippen molar-refractivity contribution in [1.82, 2.24) is 15.0 Å². The summed E-state index contributed by atoms with van der Waals surface area (Å²) in [5.41, 5.74) is 4.10. The van der Waals surface area contributed by atoms with Gasteiger partial charge in [0.1, 0.15) is 5.52 Å². The summed E-state index contributed by atoms with van der Waals surface area (Å²) in [7, 11) is 0. The van der Waals surface area contributed by atoms with Crippen LogP contribution < -0.4 is 0 Å². The lowest BCUT2D eigenvalue weighted by Gasteiger charge is -2.00. The van der Waals surface area contributed by atoms with E-state index < -0.39 is 0 Å². The standard InChI is InChI=1S/C13H10N3/c1-2-4-10(5-3-1)6-11-7-12-13(14-8-11)16-9-15-12/h1-5,7-8H,6H2,(H,14,15,16). The van der Waals surface area contributed by atoms with Crippen LogP contribution in [0.25, 0.3) is 11.2 Å². The Labute approximate surface area is 93.2 Å². The number of hydrogen-bond acceptors (Lipinski definition) is 2. The van der Waals surface area contributed by atoms with Gasteiger partial charge in [0.15, 0.2) is 12.0 Å². The molecule has 0 spiro atoms. The normalized spacial score (nSPS) is 10.8. The molecule has 2 heterocycles. The van der Waals surface area contributed by atoms with Gasteiger partial charge in [-0.1, -0.05) is 30.3 Å². The Hall–Kier alpha value is -2.16. The summed E-state index contributed by atoms with van der Waals surface area (Å²) in [6.07, 6.45) is 5.45. The van der Waals surface area contributed by atoms with Crippen molar-refractivity contribution in [2.75, 3.05) is 0 Å². The number of hydrogen-bond donors (Lipinski definition) is 1. The Morgan fingerprint density at radius 2 is 2.00 bits per heavy atom. The van der Waals surface area contributed by atoms with Crippen molar-refractivity contribution in [2.45, 2.75) is 6.42 Å². The highest BCUT2D eigenvalue weighted by atomic mass is 14.9. The number of H-pyrrole nitrogens is 1. The second-order valence-corrected chi connectivity index (χ2v) is 3.72. The summed E-state index contributed by atoms with van der Waals surface area (Å²) >= 11 is 0. The Balaban J connectivity index is 1.94. The van der Waals surface area contributed by atoms with E-state index in [9.17, 15) is 0 Å². The number of aromatic nitrogens is 3. The number of imidazole rings is 1. The minimum Gasteiger partial charge on any atom is -0.320 e. The van der Waals surface area contributed by atoms with Gasteiger partial charge in [-0.3, -0.25) is 0 Å². The molecule has 2 aromatic heterocycles. The van der Waals surface area contributed by atoms with Crippen molar-refractivity contribution < 1.29 is 0 Å². The van der Waals surface area contributed by atoms with Gasteiger partial charge in [0.05, 0.1) is 0 Å². The maximum atomic E-state index is 4.29. The number of nitrogens with zero attached hydrogens (tertiary/aromatic N) is 2. The monoisotopic (exact) mass is 208 g/mol. The van der Waals surface area contributed by atoms with Crippen LogP contribution in [0, 0.1) is 6.33 Å². The molecule has 3 heteroatoms. The van der Waals surface area contributed by atoms with E-state index in [0.717, 1.165) is 17.6 Å². The molecule has 16 heavy (non-hydrogen) atoms. The molecule has 0 amide bonds. The average molecular weight is 208 g/mol. The summed E-state index contributed by atoms with van der Waals surface area (Å²) in [5.74, 6) is 0. The number of pyridine rings is 1. The number of fused-ring (bicyclic) bond motifs is 1. The average Bonchev–Trinajstić information content (AvgIpc) is 2.77. The highest BCUT2D eigenvalue weighted by Crippen LogP contribution is 2.12. The van der Waals surface area contributed by atoms with Gasteiger partial charge in [0.25, 0.3) is 0 Å². The van der Waals surface area contributed by atoms with E-state index in [1.165, 1.54) is 11.1 Å². The fraction of sp³-hybridized carbons (Fsp3) is 0.0769. The molecule has 0 fully saturated rings. The number of rotatable bonds is 2. The molecule has 1 N–H and O–H groups in total. The first kappa shape index (κ1) is 9.09. The van der Waals surface area contributed by atoms with Crippen molar-refractivity contribution in [3.63, 3.8) is 0 Å². The molecule has 3 rings (SSSR count). The lowest BCUT2D eigenvalue weighted by atomic mass is 10.1. The largest absolute Gasteiger partial charge is 0.320 e. The van der Waals surface area contributed by atoms with Crippen molar-refractivity contribution in [2.24, 2.45) is 0 Å². The Kier molecular flexibility index (Phi) is 2.14. The van der Waals surface area contributed by atoms with Crippen LogP contribution in [0.2, 0.25) is 0 Å². The zero-order chi connectivity index (χ0) is 10.8. The Morgan fingerprint density at radius 1 is 1.12 bits per heavy atom. The van der Waals surface area contributed by atoms with Gasteiger partial charge in [-0.25, -0.2) is 9.97 Å². The smallest absolute Gasteiger partial charge is 0.175 e. The minimum atomic E-state index is 0.789. The third-order valence-electron chi connectivity index (χ3n) is 2.53. The van der Waals surface area contributed by atoms with Gasteiger partial charge in [0, 0.05) is 6.20 Å². The molecule has 0 bridgehead atoms. The number of benzene rings is 1. The Bertz CT molecular complexity index is 599. The van der Waals surface area contributed by atoms with E-state index in [-0.39, 0.29) is 0 Å². The zero-order valence-electron chi connectivity index (χ0n) is 8.64. The Morgan fingerprint density at radius 3 is 2.88 bits per heavy atom. The second-order valence-electron chi connectivity index (χ2n) is 3.72. The van der Waals surface area contributed by atoms with Crippen molar-refractivity contribution in [1.29, 1.82) is 0 Å². The summed E-state index contributed by atoms with van der Waals surface area (Å²) in [6.45, 7) is 0. The number of aromatic amines is 1. The van der Waals surface area contributed by atoms with Crippen LogP contribution in [0.5, 0.6) is 0 Å². The molecule has 1 radical (unpaired) electrons. The second kappa shape index (κ2) is 3.77. The molecule has 0 saturated carbocycles. The van der Waals surface area contributed by atoms with Gasteiger partial charge in [-0.15, -0.1) is 0 Å². The number of nitrogens with one attached hydrogen (secondary N) is 1. The van der Waals surface area contributed by atoms with Crippen LogP contribution in [0.15, 0.2) is 42.6 Å². The molecule has 0 atom stereocenters. The molecule has 0 aliphatic heterocycles. The van der Waals surface area contributed by atoms with Gasteiger partial charge in [0.2, 0.25) is 0 Å². The highest BCUT2D eigenvalue weighted by molar-refractivity contribution is 5.70. The van der Waals surface area contributed by atoms with Gasteiger partial charge < -0.3 is 4.98 Å². The van der Waals surface area contributed by atoms with Crippen LogP contribution in [-0.4, -0.2) is 15.0 Å². The lowest BCUT2D eigenvalue weighted by molar-refractivity contribution is 1.16. The van der Waals surface area contributed by atoms with Crippen molar-refractivity contribution in [3.8, 4) is 0 Å². The molecular weight excluding hydrogens is 198 g/mol. The molecule has 0 aliphatic rings. The van der Waals surface area contributed by atoms with E-state index >= 15 is 0 Å². The summed E-state index contributed by atoms with van der Waals surface area (Å²) in [5, 5.41) is 0. The molecule has 1 aromatic carbocycles. The third kappa shape index (κ3) is 1.67. The maximum Gasteiger partial charge on any atom is 0.175 e. The van der Waals surface area contributed by atoms with Crippen LogP contribution >= 0.6 is 0 Å². The van der Waals surface area contributed by atoms with E-state index in [0.29, 0.717) is 0 Å². The molecule has 0 unspecified atom stereocenters. The van der Waals surface area contributed by atoms with Crippen LogP contribution in [-0.2, 0) is 6.42 Å². The lowest BCUT2D eigenvalue weighted by Crippen LogP contribution is -1.89. The van der Waals surface area contributed by atoms with E-state index in [1.807, 2.05) is 30.5 Å². The fourth-order valence-corrected chi connectivity index (χ4v) is 1.75. The first-order chi connectivity index (χ1) is 7.92. The maximum absolute atomic E-state index is 4.29. The van der Waals surface area contributed by atoms with Crippen LogP contribution in [0.3, 0.4) is 0 Å². The zero-order valence-corrected chi connectivity index (χ0v) is 8.64. The molecule has 3 aromatic rings. The third-order valence-corrected chi connectivity index (χ3v) is 2.53. The van der Waals surface area contributed by atoms with E-state index in [4.69, 9.17) is 0 Å². The molecule has 0 aliphatic carbocycles. The summed E-state index contributed by atoms with van der Waals surface area (Å²) < 4.78 is 0. The molecular formula is C13H10N3. The minimum absolute atomic E-state index is 0.789. The van der Waals surface area contributed by atoms with Gasteiger partial charge >= 0.3 is 0 Å². The van der Waals surface area contributed by atoms with Gasteiger partial charge in [-0.05, 0) is 23.6 Å². The van der Waals surface area contributed by atoms with Crippen molar-refractivity contribution in [3.05, 3.63) is 60.0 Å². The summed E-state index contributed by atoms with van der Waals surface area (Å²) in [6, 6.07) is 12.4. The SMILES string of the molecule is [c]1nc2cc(Cc3ccccc3)cnc2[nH]1.